The number of rotatable bonds is 5. The van der Waals surface area contributed by atoms with Gasteiger partial charge in [-0.3, -0.25) is 4.31 Å². The van der Waals surface area contributed by atoms with Crippen LogP contribution in [-0.4, -0.2) is 27.3 Å². The minimum Gasteiger partial charge on any atom is -0.329 e. The van der Waals surface area contributed by atoms with Crippen molar-refractivity contribution >= 4 is 15.7 Å². The predicted octanol–water partition coefficient (Wildman–Crippen LogP) is 1.50. The Balaban J connectivity index is 3.13. The molecule has 2 N–H and O–H groups in total. The summed E-state index contributed by atoms with van der Waals surface area (Å²) in [5, 5.41) is -0.521. The van der Waals surface area contributed by atoms with E-state index in [0.717, 1.165) is 5.56 Å². The third-order valence-corrected chi connectivity index (χ3v) is 5.30. The Morgan fingerprint density at radius 3 is 2.41 bits per heavy atom. The van der Waals surface area contributed by atoms with Crippen molar-refractivity contribution in [1.29, 1.82) is 0 Å². The maximum absolute atomic E-state index is 12.3. The Hall–Kier alpha value is -1.07. The third-order valence-electron chi connectivity index (χ3n) is 2.98. The van der Waals surface area contributed by atoms with Gasteiger partial charge in [0.15, 0.2) is 0 Å². The number of benzene rings is 1. The molecule has 0 heterocycles. The standard InChI is InChI=1S/C12H20N2O2S/c1-4-11(9-13)17(15,16)14(3)12-8-6-5-7-10(12)2/h5-8,11H,4,9,13H2,1-3H3. The van der Waals surface area contributed by atoms with E-state index in [1.165, 1.54) is 4.31 Å². The highest BCUT2D eigenvalue weighted by Gasteiger charge is 2.27. The van der Waals surface area contributed by atoms with E-state index in [-0.39, 0.29) is 6.54 Å². The summed E-state index contributed by atoms with van der Waals surface area (Å²) in [5.41, 5.74) is 7.16. The Kier molecular flexibility index (Phi) is 4.54. The Morgan fingerprint density at radius 1 is 1.35 bits per heavy atom. The van der Waals surface area contributed by atoms with E-state index in [1.807, 2.05) is 32.0 Å². The van der Waals surface area contributed by atoms with E-state index in [2.05, 4.69) is 0 Å². The first-order valence-electron chi connectivity index (χ1n) is 5.68. The first kappa shape index (κ1) is 14.0. The molecular formula is C12H20N2O2S. The van der Waals surface area contributed by atoms with Crippen LogP contribution in [0.2, 0.25) is 0 Å². The molecule has 0 spiro atoms. The average Bonchev–Trinajstić information content (AvgIpc) is 2.30. The molecule has 0 amide bonds. The van der Waals surface area contributed by atoms with E-state index in [9.17, 15) is 8.42 Å². The number of para-hydroxylation sites is 1. The second-order valence-corrected chi connectivity index (χ2v) is 6.31. The van der Waals surface area contributed by atoms with Gasteiger partial charge in [0.2, 0.25) is 10.0 Å². The number of hydrogen-bond acceptors (Lipinski definition) is 3. The highest BCUT2D eigenvalue weighted by atomic mass is 32.2. The molecule has 0 aliphatic carbocycles. The molecule has 5 heteroatoms. The van der Waals surface area contributed by atoms with Crippen molar-refractivity contribution < 1.29 is 8.42 Å². The van der Waals surface area contributed by atoms with Crippen LogP contribution in [-0.2, 0) is 10.0 Å². The maximum Gasteiger partial charge on any atom is 0.239 e. The zero-order chi connectivity index (χ0) is 13.1. The summed E-state index contributed by atoms with van der Waals surface area (Å²) in [6.07, 6.45) is 0.523. The molecule has 4 nitrogen and oxygen atoms in total. The van der Waals surface area contributed by atoms with Crippen molar-refractivity contribution in [2.24, 2.45) is 5.73 Å². The van der Waals surface area contributed by atoms with Crippen molar-refractivity contribution in [3.63, 3.8) is 0 Å². The van der Waals surface area contributed by atoms with Gasteiger partial charge in [-0.25, -0.2) is 8.42 Å². The summed E-state index contributed by atoms with van der Waals surface area (Å²) in [6, 6.07) is 7.41. The molecule has 1 aromatic rings. The number of nitrogens with zero attached hydrogens (tertiary/aromatic N) is 1. The van der Waals surface area contributed by atoms with Crippen LogP contribution in [0, 0.1) is 6.92 Å². The van der Waals surface area contributed by atoms with E-state index >= 15 is 0 Å². The molecule has 0 aliphatic rings. The molecule has 1 atom stereocenters. The van der Waals surface area contributed by atoms with Gasteiger partial charge in [0.25, 0.3) is 0 Å². The lowest BCUT2D eigenvalue weighted by atomic mass is 10.2. The molecule has 0 saturated heterocycles. The Labute approximate surface area is 103 Å². The van der Waals surface area contributed by atoms with Crippen molar-refractivity contribution in [2.75, 3.05) is 17.9 Å². The van der Waals surface area contributed by atoms with Gasteiger partial charge in [-0.15, -0.1) is 0 Å². The molecule has 0 fully saturated rings. The molecular weight excluding hydrogens is 236 g/mol. The number of nitrogens with two attached hydrogens (primary N) is 1. The molecule has 17 heavy (non-hydrogen) atoms. The molecule has 0 saturated carbocycles. The van der Waals surface area contributed by atoms with E-state index < -0.39 is 15.3 Å². The summed E-state index contributed by atoms with van der Waals surface area (Å²) < 4.78 is 25.9. The first-order valence-corrected chi connectivity index (χ1v) is 7.18. The van der Waals surface area contributed by atoms with Gasteiger partial charge in [0.1, 0.15) is 0 Å². The van der Waals surface area contributed by atoms with Gasteiger partial charge in [-0.05, 0) is 25.0 Å². The summed E-state index contributed by atoms with van der Waals surface area (Å²) in [5.74, 6) is 0. The number of anilines is 1. The fourth-order valence-corrected chi connectivity index (χ4v) is 3.37. The van der Waals surface area contributed by atoms with Gasteiger partial charge in [0, 0.05) is 13.6 Å². The zero-order valence-corrected chi connectivity index (χ0v) is 11.4. The number of aryl methyl sites for hydroxylation is 1. The second-order valence-electron chi connectivity index (χ2n) is 4.06. The van der Waals surface area contributed by atoms with Crippen LogP contribution in [0.25, 0.3) is 0 Å². The fourth-order valence-electron chi connectivity index (χ4n) is 1.78. The predicted molar refractivity (Wildman–Crippen MR) is 71.6 cm³/mol. The Bertz CT molecular complexity index is 467. The Morgan fingerprint density at radius 2 is 1.94 bits per heavy atom. The largest absolute Gasteiger partial charge is 0.329 e. The summed E-state index contributed by atoms with van der Waals surface area (Å²) in [7, 11) is -1.79. The highest BCUT2D eigenvalue weighted by Crippen LogP contribution is 2.23. The number of hydrogen-bond donors (Lipinski definition) is 1. The lowest BCUT2D eigenvalue weighted by molar-refractivity contribution is 0.574. The van der Waals surface area contributed by atoms with Gasteiger partial charge < -0.3 is 5.73 Å². The molecule has 1 aromatic carbocycles. The smallest absolute Gasteiger partial charge is 0.239 e. The maximum atomic E-state index is 12.3. The molecule has 0 aliphatic heterocycles. The third kappa shape index (κ3) is 2.79. The van der Waals surface area contributed by atoms with Crippen molar-refractivity contribution in [3.8, 4) is 0 Å². The molecule has 1 rings (SSSR count). The summed E-state index contributed by atoms with van der Waals surface area (Å²) in [4.78, 5) is 0. The summed E-state index contributed by atoms with van der Waals surface area (Å²) in [6.45, 7) is 3.88. The molecule has 0 aromatic heterocycles. The minimum atomic E-state index is -3.37. The van der Waals surface area contributed by atoms with Crippen LogP contribution < -0.4 is 10.0 Å². The monoisotopic (exact) mass is 256 g/mol. The highest BCUT2D eigenvalue weighted by molar-refractivity contribution is 7.93. The molecule has 1 unspecified atom stereocenters. The topological polar surface area (TPSA) is 63.4 Å². The van der Waals surface area contributed by atoms with Crippen molar-refractivity contribution in [2.45, 2.75) is 25.5 Å². The van der Waals surface area contributed by atoms with Crippen LogP contribution >= 0.6 is 0 Å². The van der Waals surface area contributed by atoms with Gasteiger partial charge >= 0.3 is 0 Å². The van der Waals surface area contributed by atoms with Crippen LogP contribution in [0.1, 0.15) is 18.9 Å². The first-order chi connectivity index (χ1) is 7.95. The van der Waals surface area contributed by atoms with Crippen LogP contribution in [0.15, 0.2) is 24.3 Å². The minimum absolute atomic E-state index is 0.148. The van der Waals surface area contributed by atoms with Crippen molar-refractivity contribution in [1.82, 2.24) is 0 Å². The SMILES string of the molecule is CCC(CN)S(=O)(=O)N(C)c1ccccc1C. The van der Waals surface area contributed by atoms with Gasteiger partial charge in [-0.2, -0.15) is 0 Å². The molecule has 0 bridgehead atoms. The lowest BCUT2D eigenvalue weighted by Crippen LogP contribution is -2.40. The van der Waals surface area contributed by atoms with E-state index in [0.29, 0.717) is 12.1 Å². The molecule has 96 valence electrons. The van der Waals surface area contributed by atoms with Gasteiger partial charge in [0.05, 0.1) is 10.9 Å². The quantitative estimate of drug-likeness (QED) is 0.868. The van der Waals surface area contributed by atoms with Crippen LogP contribution in [0.5, 0.6) is 0 Å². The van der Waals surface area contributed by atoms with Crippen molar-refractivity contribution in [3.05, 3.63) is 29.8 Å². The summed E-state index contributed by atoms with van der Waals surface area (Å²) >= 11 is 0. The zero-order valence-electron chi connectivity index (χ0n) is 10.6. The van der Waals surface area contributed by atoms with E-state index in [4.69, 9.17) is 5.73 Å². The lowest BCUT2D eigenvalue weighted by Gasteiger charge is -2.25. The number of sulfonamides is 1. The average molecular weight is 256 g/mol. The molecule has 0 radical (unpaired) electrons. The second kappa shape index (κ2) is 5.51. The van der Waals surface area contributed by atoms with E-state index in [1.54, 1.807) is 13.1 Å². The van der Waals surface area contributed by atoms with Gasteiger partial charge in [-0.1, -0.05) is 25.1 Å². The fraction of sp³-hybridized carbons (Fsp3) is 0.500. The normalized spacial score (nSPS) is 13.4. The van der Waals surface area contributed by atoms with Crippen LogP contribution in [0.3, 0.4) is 0 Å². The van der Waals surface area contributed by atoms with Crippen LogP contribution in [0.4, 0.5) is 5.69 Å².